The molecule has 0 atom stereocenters. The Labute approximate surface area is 151 Å². The van der Waals surface area contributed by atoms with Gasteiger partial charge in [0.05, 0.1) is 11.9 Å². The molecule has 3 aromatic rings. The van der Waals surface area contributed by atoms with E-state index in [1.54, 1.807) is 4.68 Å². The summed E-state index contributed by atoms with van der Waals surface area (Å²) in [5, 5.41) is 7.52. The first-order chi connectivity index (χ1) is 12.3. The smallest absolute Gasteiger partial charge is 0.264 e. The van der Waals surface area contributed by atoms with Crippen molar-refractivity contribution in [2.75, 3.05) is 6.54 Å². The lowest BCUT2D eigenvalue weighted by Gasteiger charge is -2.09. The average Bonchev–Trinajstić information content (AvgIpc) is 2.99. The van der Waals surface area contributed by atoms with Gasteiger partial charge < -0.3 is 5.32 Å². The number of fused-ring (bicyclic) bond motifs is 1. The summed E-state index contributed by atoms with van der Waals surface area (Å²) in [7, 11) is 0. The number of amides is 1. The Hall–Kier alpha value is -2.96. The molecule has 0 unspecified atom stereocenters. The molecule has 0 aliphatic rings. The van der Waals surface area contributed by atoms with Crippen molar-refractivity contribution < 1.29 is 4.79 Å². The van der Waals surface area contributed by atoms with Gasteiger partial charge in [0.1, 0.15) is 18.3 Å². The van der Waals surface area contributed by atoms with E-state index in [2.05, 4.69) is 21.5 Å². The molecule has 0 aliphatic heterocycles. The first-order valence-electron chi connectivity index (χ1n) is 8.63. The van der Waals surface area contributed by atoms with Gasteiger partial charge in [0.2, 0.25) is 5.91 Å². The number of aryl methyl sites for hydroxylation is 2. The molecule has 0 aliphatic carbocycles. The Morgan fingerprint density at radius 2 is 1.88 bits per heavy atom. The van der Waals surface area contributed by atoms with Crippen molar-refractivity contribution >= 4 is 16.9 Å². The standard InChI is InChI=1S/C19H23N5O2/c1-12(2)8-20-17(25)10-23-11-21-18-16(19(23)26)9-22-24(18)15-6-13(3)5-14(4)7-15/h5-7,9,11-12H,8,10H2,1-4H3,(H,20,25). The minimum absolute atomic E-state index is 0.0524. The summed E-state index contributed by atoms with van der Waals surface area (Å²) in [6.45, 7) is 8.58. The summed E-state index contributed by atoms with van der Waals surface area (Å²) in [4.78, 5) is 29.0. The number of hydrogen-bond acceptors (Lipinski definition) is 4. The number of aromatic nitrogens is 4. The summed E-state index contributed by atoms with van der Waals surface area (Å²) in [6, 6.07) is 6.06. The molecule has 2 heterocycles. The van der Waals surface area contributed by atoms with Crippen LogP contribution < -0.4 is 10.9 Å². The molecule has 136 valence electrons. The van der Waals surface area contributed by atoms with Gasteiger partial charge >= 0.3 is 0 Å². The van der Waals surface area contributed by atoms with Crippen molar-refractivity contribution in [3.05, 3.63) is 52.2 Å². The fourth-order valence-electron chi connectivity index (χ4n) is 2.85. The lowest BCUT2D eigenvalue weighted by molar-refractivity contribution is -0.121. The van der Waals surface area contributed by atoms with Crippen molar-refractivity contribution in [1.29, 1.82) is 0 Å². The topological polar surface area (TPSA) is 81.8 Å². The van der Waals surface area contributed by atoms with Crippen molar-refractivity contribution in [3.63, 3.8) is 0 Å². The van der Waals surface area contributed by atoms with Crippen LogP contribution >= 0.6 is 0 Å². The molecule has 26 heavy (non-hydrogen) atoms. The largest absolute Gasteiger partial charge is 0.354 e. The molecule has 0 saturated carbocycles. The van der Waals surface area contributed by atoms with Gasteiger partial charge in [-0.25, -0.2) is 9.67 Å². The maximum atomic E-state index is 12.7. The Bertz CT molecular complexity index is 996. The molecule has 0 radical (unpaired) electrons. The monoisotopic (exact) mass is 353 g/mol. The van der Waals surface area contributed by atoms with Crippen molar-refractivity contribution in [2.24, 2.45) is 5.92 Å². The molecule has 1 amide bonds. The SMILES string of the molecule is Cc1cc(C)cc(-n2ncc3c(=O)n(CC(=O)NCC(C)C)cnc32)c1. The zero-order valence-electron chi connectivity index (χ0n) is 15.5. The second-order valence-electron chi connectivity index (χ2n) is 7.02. The zero-order valence-corrected chi connectivity index (χ0v) is 15.5. The van der Waals surface area contributed by atoms with Gasteiger partial charge in [0.25, 0.3) is 5.56 Å². The highest BCUT2D eigenvalue weighted by Gasteiger charge is 2.13. The van der Waals surface area contributed by atoms with Crippen LogP contribution in [0.15, 0.2) is 35.5 Å². The number of nitrogens with one attached hydrogen (secondary N) is 1. The van der Waals surface area contributed by atoms with Crippen LogP contribution in [0.5, 0.6) is 0 Å². The first-order valence-corrected chi connectivity index (χ1v) is 8.63. The van der Waals surface area contributed by atoms with Gasteiger partial charge in [-0.05, 0) is 43.0 Å². The summed E-state index contributed by atoms with van der Waals surface area (Å²) >= 11 is 0. The van der Waals surface area contributed by atoms with E-state index < -0.39 is 0 Å². The van der Waals surface area contributed by atoms with Gasteiger partial charge in [0, 0.05) is 6.54 Å². The number of rotatable bonds is 5. The number of nitrogens with zero attached hydrogens (tertiary/aromatic N) is 4. The molecule has 0 fully saturated rings. The van der Waals surface area contributed by atoms with Crippen LogP contribution in [0.3, 0.4) is 0 Å². The van der Waals surface area contributed by atoms with E-state index in [9.17, 15) is 9.59 Å². The van der Waals surface area contributed by atoms with Crippen LogP contribution in [-0.4, -0.2) is 31.8 Å². The Kier molecular flexibility index (Phi) is 4.88. The van der Waals surface area contributed by atoms with Crippen LogP contribution in [0.4, 0.5) is 0 Å². The summed E-state index contributed by atoms with van der Waals surface area (Å²) in [6.07, 6.45) is 2.91. The van der Waals surface area contributed by atoms with Crippen LogP contribution in [0.1, 0.15) is 25.0 Å². The van der Waals surface area contributed by atoms with Crippen molar-refractivity contribution in [1.82, 2.24) is 24.6 Å². The third-order valence-electron chi connectivity index (χ3n) is 4.03. The average molecular weight is 353 g/mol. The molecular formula is C19H23N5O2. The summed E-state index contributed by atoms with van der Waals surface area (Å²) in [5.74, 6) is 0.149. The summed E-state index contributed by atoms with van der Waals surface area (Å²) in [5.41, 5.74) is 3.29. The van der Waals surface area contributed by atoms with E-state index in [4.69, 9.17) is 0 Å². The molecule has 0 spiro atoms. The van der Waals surface area contributed by atoms with E-state index >= 15 is 0 Å². The van der Waals surface area contributed by atoms with Crippen LogP contribution in [0.25, 0.3) is 16.7 Å². The zero-order chi connectivity index (χ0) is 18.8. The Balaban J connectivity index is 1.94. The summed E-state index contributed by atoms with van der Waals surface area (Å²) < 4.78 is 2.96. The van der Waals surface area contributed by atoms with Crippen molar-refractivity contribution in [3.8, 4) is 5.69 Å². The van der Waals surface area contributed by atoms with Gasteiger partial charge in [0.15, 0.2) is 5.65 Å². The van der Waals surface area contributed by atoms with E-state index in [0.29, 0.717) is 23.5 Å². The van der Waals surface area contributed by atoms with E-state index in [1.165, 1.54) is 17.1 Å². The highest BCUT2D eigenvalue weighted by atomic mass is 16.2. The lowest BCUT2D eigenvalue weighted by atomic mass is 10.1. The van der Waals surface area contributed by atoms with E-state index in [-0.39, 0.29) is 18.0 Å². The van der Waals surface area contributed by atoms with Crippen LogP contribution in [0.2, 0.25) is 0 Å². The lowest BCUT2D eigenvalue weighted by Crippen LogP contribution is -2.34. The highest BCUT2D eigenvalue weighted by molar-refractivity contribution is 5.77. The van der Waals surface area contributed by atoms with Crippen LogP contribution in [-0.2, 0) is 11.3 Å². The molecule has 0 bridgehead atoms. The minimum Gasteiger partial charge on any atom is -0.354 e. The molecule has 0 saturated heterocycles. The molecule has 1 aromatic carbocycles. The van der Waals surface area contributed by atoms with Crippen LogP contribution in [0, 0.1) is 19.8 Å². The minimum atomic E-state index is -0.273. The van der Waals surface area contributed by atoms with Gasteiger partial charge in [-0.2, -0.15) is 5.10 Å². The van der Waals surface area contributed by atoms with Gasteiger partial charge in [-0.3, -0.25) is 14.2 Å². The van der Waals surface area contributed by atoms with Crippen molar-refractivity contribution in [2.45, 2.75) is 34.2 Å². The fourth-order valence-corrected chi connectivity index (χ4v) is 2.85. The third-order valence-corrected chi connectivity index (χ3v) is 4.03. The molecular weight excluding hydrogens is 330 g/mol. The Morgan fingerprint density at radius 1 is 1.19 bits per heavy atom. The quantitative estimate of drug-likeness (QED) is 0.760. The number of hydrogen-bond donors (Lipinski definition) is 1. The molecule has 3 rings (SSSR count). The highest BCUT2D eigenvalue weighted by Crippen LogP contribution is 2.16. The number of carbonyl (C=O) groups is 1. The predicted molar refractivity (Wildman–Crippen MR) is 100 cm³/mol. The van der Waals surface area contributed by atoms with Gasteiger partial charge in [-0.1, -0.05) is 19.9 Å². The van der Waals surface area contributed by atoms with E-state index in [0.717, 1.165) is 16.8 Å². The first kappa shape index (κ1) is 17.8. The number of benzene rings is 1. The van der Waals surface area contributed by atoms with E-state index in [1.807, 2.05) is 39.8 Å². The number of carbonyl (C=O) groups excluding carboxylic acids is 1. The second-order valence-corrected chi connectivity index (χ2v) is 7.02. The maximum Gasteiger partial charge on any atom is 0.264 e. The predicted octanol–water partition coefficient (Wildman–Crippen LogP) is 1.97. The normalized spacial score (nSPS) is 11.3. The fraction of sp³-hybridized carbons (Fsp3) is 0.368. The third kappa shape index (κ3) is 3.66. The molecule has 2 aromatic heterocycles. The molecule has 1 N–H and O–H groups in total. The maximum absolute atomic E-state index is 12.7. The second kappa shape index (κ2) is 7.11. The van der Waals surface area contributed by atoms with Gasteiger partial charge in [-0.15, -0.1) is 0 Å². The Morgan fingerprint density at radius 3 is 2.54 bits per heavy atom. The molecule has 7 heteroatoms. The molecule has 7 nitrogen and oxygen atoms in total.